The van der Waals surface area contributed by atoms with Crippen molar-refractivity contribution in [3.8, 4) is 0 Å². The Morgan fingerprint density at radius 1 is 1.22 bits per heavy atom. The number of urea groups is 1. The van der Waals surface area contributed by atoms with Gasteiger partial charge in [0, 0.05) is 64.0 Å². The quantitative estimate of drug-likeness (QED) is 0.910. The lowest BCUT2D eigenvalue weighted by molar-refractivity contribution is 0.194. The molecular formula is C16H22N6O. The van der Waals surface area contributed by atoms with Gasteiger partial charge in [0.1, 0.15) is 0 Å². The largest absolute Gasteiger partial charge is 0.368 e. The topological polar surface area (TPSA) is 66.3 Å². The molecule has 0 spiro atoms. The molecule has 0 unspecified atom stereocenters. The Morgan fingerprint density at radius 2 is 1.96 bits per heavy atom. The highest BCUT2D eigenvalue weighted by molar-refractivity contribution is 5.74. The summed E-state index contributed by atoms with van der Waals surface area (Å²) in [5.41, 5.74) is 2.30. The van der Waals surface area contributed by atoms with Gasteiger partial charge >= 0.3 is 6.03 Å². The van der Waals surface area contributed by atoms with Crippen LogP contribution >= 0.6 is 0 Å². The van der Waals surface area contributed by atoms with Crippen LogP contribution in [0.5, 0.6) is 0 Å². The fourth-order valence-electron chi connectivity index (χ4n) is 2.75. The number of aryl methyl sites for hydroxylation is 1. The van der Waals surface area contributed by atoms with Gasteiger partial charge in [0.2, 0.25) is 0 Å². The van der Waals surface area contributed by atoms with E-state index in [1.54, 1.807) is 17.1 Å². The highest BCUT2D eigenvalue weighted by atomic mass is 16.2. The molecule has 1 aliphatic heterocycles. The second-order valence-corrected chi connectivity index (χ2v) is 5.68. The van der Waals surface area contributed by atoms with Crippen LogP contribution in [0, 0.1) is 0 Å². The van der Waals surface area contributed by atoms with Crippen molar-refractivity contribution < 1.29 is 4.79 Å². The van der Waals surface area contributed by atoms with Gasteiger partial charge in [0.05, 0.1) is 6.20 Å². The number of carbonyl (C=O) groups excluding carboxylic acids is 1. The van der Waals surface area contributed by atoms with Crippen LogP contribution in [0.3, 0.4) is 0 Å². The molecule has 122 valence electrons. The number of pyridine rings is 1. The summed E-state index contributed by atoms with van der Waals surface area (Å²) in [6.07, 6.45) is 8.20. The molecule has 0 aromatic carbocycles. The summed E-state index contributed by atoms with van der Waals surface area (Å²) in [5.74, 6) is 0. The molecule has 0 saturated carbocycles. The average molecular weight is 314 g/mol. The minimum Gasteiger partial charge on any atom is -0.368 e. The lowest BCUT2D eigenvalue weighted by atomic mass is 10.2. The number of hydrogen-bond acceptors (Lipinski definition) is 4. The van der Waals surface area contributed by atoms with E-state index < -0.39 is 0 Å². The van der Waals surface area contributed by atoms with E-state index in [1.165, 1.54) is 0 Å². The molecule has 0 radical (unpaired) electrons. The molecule has 7 nitrogen and oxygen atoms in total. The van der Waals surface area contributed by atoms with E-state index in [0.29, 0.717) is 6.54 Å². The molecule has 0 bridgehead atoms. The van der Waals surface area contributed by atoms with Crippen molar-refractivity contribution in [2.45, 2.75) is 6.42 Å². The fourth-order valence-corrected chi connectivity index (χ4v) is 2.75. The third-order valence-electron chi connectivity index (χ3n) is 4.04. The zero-order chi connectivity index (χ0) is 16.1. The van der Waals surface area contributed by atoms with Crippen LogP contribution in [-0.2, 0) is 13.5 Å². The van der Waals surface area contributed by atoms with Crippen LogP contribution in [-0.4, -0.2) is 58.4 Å². The van der Waals surface area contributed by atoms with E-state index in [1.807, 2.05) is 36.5 Å². The predicted molar refractivity (Wildman–Crippen MR) is 88.3 cm³/mol. The monoisotopic (exact) mass is 314 g/mol. The molecule has 1 aliphatic rings. The molecule has 2 aromatic rings. The Labute approximate surface area is 135 Å². The molecule has 1 fully saturated rings. The maximum Gasteiger partial charge on any atom is 0.317 e. The Hall–Kier alpha value is -2.57. The van der Waals surface area contributed by atoms with Crippen LogP contribution in [0.1, 0.15) is 5.56 Å². The number of hydrogen-bond donors (Lipinski definition) is 1. The smallest absolute Gasteiger partial charge is 0.317 e. The molecule has 2 amide bonds. The van der Waals surface area contributed by atoms with Crippen molar-refractivity contribution in [2.24, 2.45) is 7.05 Å². The summed E-state index contributed by atoms with van der Waals surface area (Å²) in [7, 11) is 1.89. The zero-order valence-electron chi connectivity index (χ0n) is 13.4. The van der Waals surface area contributed by atoms with Crippen LogP contribution in [0.15, 0.2) is 36.9 Å². The zero-order valence-corrected chi connectivity index (χ0v) is 13.4. The summed E-state index contributed by atoms with van der Waals surface area (Å²) < 4.78 is 1.77. The standard InChI is InChI=1S/C16H22N6O/c1-20-13-14(12-19-20)2-7-18-16(23)22-10-8-21(9-11-22)15-3-5-17-6-4-15/h3-6,12-13H,2,7-11H2,1H3,(H,18,23). The highest BCUT2D eigenvalue weighted by Crippen LogP contribution is 2.14. The molecule has 1 saturated heterocycles. The van der Waals surface area contributed by atoms with E-state index >= 15 is 0 Å². The summed E-state index contributed by atoms with van der Waals surface area (Å²) in [5, 5.41) is 7.11. The summed E-state index contributed by atoms with van der Waals surface area (Å²) >= 11 is 0. The van der Waals surface area contributed by atoms with Gasteiger partial charge in [0.25, 0.3) is 0 Å². The first-order chi connectivity index (χ1) is 11.2. The number of carbonyl (C=O) groups is 1. The Balaban J connectivity index is 1.41. The Bertz CT molecular complexity index is 633. The summed E-state index contributed by atoms with van der Waals surface area (Å²) in [6, 6.07) is 4.02. The summed E-state index contributed by atoms with van der Waals surface area (Å²) in [6.45, 7) is 3.80. The van der Waals surface area contributed by atoms with E-state index in [-0.39, 0.29) is 6.03 Å². The molecule has 3 heterocycles. The number of piperazine rings is 1. The number of rotatable bonds is 4. The molecule has 0 atom stereocenters. The fraction of sp³-hybridized carbons (Fsp3) is 0.438. The van der Waals surface area contributed by atoms with Crippen LogP contribution in [0.25, 0.3) is 0 Å². The second-order valence-electron chi connectivity index (χ2n) is 5.68. The van der Waals surface area contributed by atoms with Crippen molar-refractivity contribution in [1.82, 2.24) is 25.0 Å². The number of nitrogens with zero attached hydrogens (tertiary/aromatic N) is 5. The lowest BCUT2D eigenvalue weighted by Gasteiger charge is -2.36. The predicted octanol–water partition coefficient (Wildman–Crippen LogP) is 0.889. The number of amides is 2. The maximum atomic E-state index is 12.2. The van der Waals surface area contributed by atoms with Crippen molar-refractivity contribution in [2.75, 3.05) is 37.6 Å². The van der Waals surface area contributed by atoms with Crippen LogP contribution in [0.4, 0.5) is 10.5 Å². The van der Waals surface area contributed by atoms with Crippen LogP contribution < -0.4 is 10.2 Å². The van der Waals surface area contributed by atoms with Gasteiger partial charge in [0.15, 0.2) is 0 Å². The first-order valence-electron chi connectivity index (χ1n) is 7.87. The first-order valence-corrected chi connectivity index (χ1v) is 7.87. The highest BCUT2D eigenvalue weighted by Gasteiger charge is 2.20. The van der Waals surface area contributed by atoms with E-state index in [9.17, 15) is 4.79 Å². The second kappa shape index (κ2) is 7.13. The molecule has 1 N–H and O–H groups in total. The number of anilines is 1. The summed E-state index contributed by atoms with van der Waals surface area (Å²) in [4.78, 5) is 20.4. The molecule has 2 aromatic heterocycles. The van der Waals surface area contributed by atoms with E-state index in [4.69, 9.17) is 0 Å². The van der Waals surface area contributed by atoms with Gasteiger partial charge in [-0.2, -0.15) is 5.10 Å². The van der Waals surface area contributed by atoms with Gasteiger partial charge in [-0.15, -0.1) is 0 Å². The minimum absolute atomic E-state index is 0.0169. The van der Waals surface area contributed by atoms with E-state index in [0.717, 1.165) is 43.9 Å². The molecule has 3 rings (SSSR count). The lowest BCUT2D eigenvalue weighted by Crippen LogP contribution is -2.52. The van der Waals surface area contributed by atoms with Crippen molar-refractivity contribution in [3.05, 3.63) is 42.5 Å². The van der Waals surface area contributed by atoms with Gasteiger partial charge < -0.3 is 15.1 Å². The van der Waals surface area contributed by atoms with Crippen molar-refractivity contribution in [3.63, 3.8) is 0 Å². The normalized spacial score (nSPS) is 14.8. The maximum absolute atomic E-state index is 12.2. The Morgan fingerprint density at radius 3 is 2.61 bits per heavy atom. The first kappa shape index (κ1) is 15.3. The molecule has 0 aliphatic carbocycles. The van der Waals surface area contributed by atoms with Gasteiger partial charge in [-0.3, -0.25) is 9.67 Å². The molecule has 23 heavy (non-hydrogen) atoms. The van der Waals surface area contributed by atoms with Crippen molar-refractivity contribution in [1.29, 1.82) is 0 Å². The van der Waals surface area contributed by atoms with Gasteiger partial charge in [-0.1, -0.05) is 0 Å². The van der Waals surface area contributed by atoms with Crippen LogP contribution in [0.2, 0.25) is 0 Å². The molecular weight excluding hydrogens is 292 g/mol. The van der Waals surface area contributed by atoms with E-state index in [2.05, 4.69) is 20.3 Å². The van der Waals surface area contributed by atoms with Gasteiger partial charge in [-0.05, 0) is 24.1 Å². The third kappa shape index (κ3) is 4.00. The number of nitrogens with one attached hydrogen (secondary N) is 1. The van der Waals surface area contributed by atoms with Crippen molar-refractivity contribution >= 4 is 11.7 Å². The Kier molecular flexibility index (Phi) is 4.75. The molecule has 7 heteroatoms. The minimum atomic E-state index is 0.0169. The average Bonchev–Trinajstić information content (AvgIpc) is 3.01. The third-order valence-corrected chi connectivity index (χ3v) is 4.04. The number of aromatic nitrogens is 3. The van der Waals surface area contributed by atoms with Gasteiger partial charge in [-0.25, -0.2) is 4.79 Å². The SMILES string of the molecule is Cn1cc(CCNC(=O)N2CCN(c3ccncc3)CC2)cn1.